The van der Waals surface area contributed by atoms with Crippen LogP contribution >= 0.6 is 0 Å². The number of amides is 1. The number of nitrogens with zero attached hydrogens (tertiary/aromatic N) is 3. The van der Waals surface area contributed by atoms with Gasteiger partial charge in [0.1, 0.15) is 18.2 Å². The molecule has 1 amide bonds. The van der Waals surface area contributed by atoms with E-state index in [4.69, 9.17) is 4.74 Å². The third-order valence-electron chi connectivity index (χ3n) is 5.17. The number of aromatic amines is 1. The third kappa shape index (κ3) is 4.81. The summed E-state index contributed by atoms with van der Waals surface area (Å²) < 4.78 is 5.06. The van der Waals surface area contributed by atoms with Crippen LogP contribution in [-0.2, 0) is 16.1 Å². The largest absolute Gasteiger partial charge is 0.377 e. The summed E-state index contributed by atoms with van der Waals surface area (Å²) in [6.07, 6.45) is 6.52. The second-order valence-corrected chi connectivity index (χ2v) is 7.06. The number of methoxy groups -OCH3 is 1. The molecular weight excluding hydrogens is 320 g/mol. The Morgan fingerprint density at radius 1 is 1.24 bits per heavy atom. The molecule has 0 aromatic carbocycles. The van der Waals surface area contributed by atoms with Crippen molar-refractivity contribution in [1.82, 2.24) is 14.9 Å². The van der Waals surface area contributed by atoms with Crippen LogP contribution in [0, 0.1) is 5.92 Å². The average Bonchev–Trinajstić information content (AvgIpc) is 2.95. The highest BCUT2D eigenvalue weighted by Gasteiger charge is 2.24. The lowest BCUT2D eigenvalue weighted by Crippen LogP contribution is -2.36. The lowest BCUT2D eigenvalue weighted by Gasteiger charge is -2.24. The van der Waals surface area contributed by atoms with Gasteiger partial charge in [-0.2, -0.15) is 0 Å². The molecule has 0 radical (unpaired) electrons. The molecule has 7 heteroatoms. The lowest BCUT2D eigenvalue weighted by molar-refractivity contribution is -0.131. The molecule has 1 aliphatic heterocycles. The second-order valence-electron chi connectivity index (χ2n) is 7.06. The van der Waals surface area contributed by atoms with Gasteiger partial charge in [0.15, 0.2) is 0 Å². The van der Waals surface area contributed by atoms with Crippen LogP contribution in [0.3, 0.4) is 0 Å². The van der Waals surface area contributed by atoms with Crippen LogP contribution < -0.4 is 10.5 Å². The van der Waals surface area contributed by atoms with E-state index in [1.807, 2.05) is 4.90 Å². The maximum Gasteiger partial charge on any atom is 0.253 e. The number of nitrogens with one attached hydrogen (secondary N) is 1. The first-order chi connectivity index (χ1) is 12.2. The molecule has 1 saturated heterocycles. The Labute approximate surface area is 148 Å². The first-order valence-corrected chi connectivity index (χ1v) is 9.27. The fourth-order valence-electron chi connectivity index (χ4n) is 3.85. The van der Waals surface area contributed by atoms with Gasteiger partial charge in [0, 0.05) is 45.8 Å². The van der Waals surface area contributed by atoms with Crippen molar-refractivity contribution in [2.45, 2.75) is 45.1 Å². The fraction of sp³-hybridized carbons (Fsp3) is 0.722. The summed E-state index contributed by atoms with van der Waals surface area (Å²) in [5, 5.41) is 0. The molecule has 2 aliphatic rings. The SMILES string of the molecule is COCc1nc(N2CCCN(C(=O)CC3CCCC3)CC2)cc(=O)[nH]1. The lowest BCUT2D eigenvalue weighted by atomic mass is 10.0. The molecule has 3 rings (SSSR count). The van der Waals surface area contributed by atoms with E-state index in [9.17, 15) is 9.59 Å². The summed E-state index contributed by atoms with van der Waals surface area (Å²) in [6, 6.07) is 1.52. The normalized spacial score (nSPS) is 19.2. The smallest absolute Gasteiger partial charge is 0.253 e. The monoisotopic (exact) mass is 348 g/mol. The molecule has 2 fully saturated rings. The maximum atomic E-state index is 12.6. The average molecular weight is 348 g/mol. The molecule has 0 atom stereocenters. The van der Waals surface area contributed by atoms with Crippen LogP contribution in [0.1, 0.15) is 44.3 Å². The van der Waals surface area contributed by atoms with Crippen LogP contribution in [0.2, 0.25) is 0 Å². The van der Waals surface area contributed by atoms with Gasteiger partial charge in [0.25, 0.3) is 5.56 Å². The molecule has 1 N–H and O–H groups in total. The van der Waals surface area contributed by atoms with E-state index in [1.54, 1.807) is 7.11 Å². The van der Waals surface area contributed by atoms with Crippen LogP contribution in [0.25, 0.3) is 0 Å². The highest BCUT2D eigenvalue weighted by Crippen LogP contribution is 2.28. The number of H-pyrrole nitrogens is 1. The van der Waals surface area contributed by atoms with Crippen LogP contribution in [0.4, 0.5) is 5.82 Å². The molecule has 0 spiro atoms. The molecule has 2 heterocycles. The molecule has 25 heavy (non-hydrogen) atoms. The van der Waals surface area contributed by atoms with Gasteiger partial charge >= 0.3 is 0 Å². The summed E-state index contributed by atoms with van der Waals surface area (Å²) in [5.74, 6) is 2.06. The number of carbonyl (C=O) groups is 1. The molecular formula is C18H28N4O3. The highest BCUT2D eigenvalue weighted by molar-refractivity contribution is 5.76. The summed E-state index contributed by atoms with van der Waals surface area (Å²) in [4.78, 5) is 35.7. The molecule has 0 bridgehead atoms. The topological polar surface area (TPSA) is 78.5 Å². The molecule has 138 valence electrons. The summed E-state index contributed by atoms with van der Waals surface area (Å²) >= 11 is 0. The van der Waals surface area contributed by atoms with Gasteiger partial charge in [0.2, 0.25) is 5.91 Å². The maximum absolute atomic E-state index is 12.6. The number of hydrogen-bond acceptors (Lipinski definition) is 5. The van der Waals surface area contributed by atoms with E-state index in [0.717, 1.165) is 19.5 Å². The highest BCUT2D eigenvalue weighted by atomic mass is 16.5. The third-order valence-corrected chi connectivity index (χ3v) is 5.17. The Morgan fingerprint density at radius 3 is 2.80 bits per heavy atom. The zero-order chi connectivity index (χ0) is 17.6. The number of aromatic nitrogens is 2. The van der Waals surface area contributed by atoms with Crippen molar-refractivity contribution in [3.05, 3.63) is 22.2 Å². The van der Waals surface area contributed by atoms with Crippen molar-refractivity contribution in [3.8, 4) is 0 Å². The van der Waals surface area contributed by atoms with E-state index in [1.165, 1.54) is 31.7 Å². The van der Waals surface area contributed by atoms with Crippen molar-refractivity contribution < 1.29 is 9.53 Å². The predicted octanol–water partition coefficient (Wildman–Crippen LogP) is 1.54. The molecule has 0 unspecified atom stereocenters. The van der Waals surface area contributed by atoms with E-state index >= 15 is 0 Å². The number of rotatable bonds is 5. The quantitative estimate of drug-likeness (QED) is 0.873. The molecule has 1 aromatic rings. The summed E-state index contributed by atoms with van der Waals surface area (Å²) in [6.45, 7) is 3.27. The predicted molar refractivity (Wildman–Crippen MR) is 95.6 cm³/mol. The van der Waals surface area contributed by atoms with Crippen molar-refractivity contribution in [3.63, 3.8) is 0 Å². The van der Waals surface area contributed by atoms with E-state index in [0.29, 0.717) is 37.1 Å². The minimum Gasteiger partial charge on any atom is -0.377 e. The molecule has 1 aromatic heterocycles. The number of anilines is 1. The number of ether oxygens (including phenoxy) is 1. The zero-order valence-electron chi connectivity index (χ0n) is 15.0. The Bertz CT molecular complexity index is 639. The second kappa shape index (κ2) is 8.47. The van der Waals surface area contributed by atoms with Gasteiger partial charge in [-0.3, -0.25) is 9.59 Å². The van der Waals surface area contributed by atoms with Crippen LogP contribution in [-0.4, -0.2) is 54.1 Å². The van der Waals surface area contributed by atoms with E-state index < -0.39 is 0 Å². The Morgan fingerprint density at radius 2 is 2.04 bits per heavy atom. The van der Waals surface area contributed by atoms with Crippen molar-refractivity contribution in [1.29, 1.82) is 0 Å². The van der Waals surface area contributed by atoms with Gasteiger partial charge in [-0.25, -0.2) is 4.98 Å². The fourth-order valence-corrected chi connectivity index (χ4v) is 3.85. The number of carbonyl (C=O) groups excluding carboxylic acids is 1. The van der Waals surface area contributed by atoms with Crippen molar-refractivity contribution in [2.24, 2.45) is 5.92 Å². The van der Waals surface area contributed by atoms with Gasteiger partial charge in [0.05, 0.1) is 0 Å². The summed E-state index contributed by atoms with van der Waals surface area (Å²) in [5.41, 5.74) is -0.171. The van der Waals surface area contributed by atoms with Crippen molar-refractivity contribution >= 4 is 11.7 Å². The number of hydrogen-bond donors (Lipinski definition) is 1. The standard InChI is InChI=1S/C18H28N4O3/c1-25-13-15-19-16(12-17(23)20-15)21-7-4-8-22(10-9-21)18(24)11-14-5-2-3-6-14/h12,14H,2-11,13H2,1H3,(H,19,20,23). The first kappa shape index (κ1) is 17.9. The molecule has 1 aliphatic carbocycles. The molecule has 1 saturated carbocycles. The Balaban J connectivity index is 1.61. The van der Waals surface area contributed by atoms with E-state index in [2.05, 4.69) is 14.9 Å². The summed E-state index contributed by atoms with van der Waals surface area (Å²) in [7, 11) is 1.58. The van der Waals surface area contributed by atoms with E-state index in [-0.39, 0.29) is 18.1 Å². The van der Waals surface area contributed by atoms with Gasteiger partial charge in [-0.1, -0.05) is 12.8 Å². The minimum atomic E-state index is -0.171. The minimum absolute atomic E-state index is 0.171. The molecule has 7 nitrogen and oxygen atoms in total. The van der Waals surface area contributed by atoms with Gasteiger partial charge in [-0.05, 0) is 25.2 Å². The Hall–Kier alpha value is -1.89. The van der Waals surface area contributed by atoms with Gasteiger partial charge in [-0.15, -0.1) is 0 Å². The zero-order valence-corrected chi connectivity index (χ0v) is 15.0. The first-order valence-electron chi connectivity index (χ1n) is 9.27. The van der Waals surface area contributed by atoms with Gasteiger partial charge < -0.3 is 19.5 Å². The van der Waals surface area contributed by atoms with Crippen molar-refractivity contribution in [2.75, 3.05) is 38.2 Å². The Kier molecular flexibility index (Phi) is 6.07. The van der Waals surface area contributed by atoms with Crippen LogP contribution in [0.5, 0.6) is 0 Å². The van der Waals surface area contributed by atoms with Crippen LogP contribution in [0.15, 0.2) is 10.9 Å².